The maximum absolute atomic E-state index is 12.8. The van der Waals surface area contributed by atoms with Crippen LogP contribution >= 0.6 is 0 Å². The summed E-state index contributed by atoms with van der Waals surface area (Å²) in [5, 5.41) is 9.65. The van der Waals surface area contributed by atoms with Gasteiger partial charge in [-0.1, -0.05) is 0 Å². The highest BCUT2D eigenvalue weighted by atomic mass is 16.5. The minimum absolute atomic E-state index is 0.104. The third kappa shape index (κ3) is 3.21. The minimum Gasteiger partial charge on any atom is -0.497 e. The third-order valence-corrected chi connectivity index (χ3v) is 4.04. The molecule has 1 aliphatic rings. The molecule has 0 amide bonds. The van der Waals surface area contributed by atoms with E-state index >= 15 is 0 Å². The van der Waals surface area contributed by atoms with Crippen LogP contribution in [0.15, 0.2) is 34.2 Å². The Kier molecular flexibility index (Phi) is 4.71. The molecule has 0 radical (unpaired) electrons. The highest BCUT2D eigenvalue weighted by molar-refractivity contribution is 5.99. The minimum atomic E-state index is -0.104. The zero-order valence-electron chi connectivity index (χ0n) is 14.2. The molecule has 0 aliphatic carbocycles. The maximum atomic E-state index is 12.8. The number of methoxy groups -OCH3 is 1. The lowest BCUT2D eigenvalue weighted by atomic mass is 10.2. The summed E-state index contributed by atoms with van der Waals surface area (Å²) in [6, 6.07) is 7.33. The van der Waals surface area contributed by atoms with E-state index in [-0.39, 0.29) is 5.56 Å². The molecule has 0 saturated carbocycles. The average Bonchev–Trinajstić information content (AvgIpc) is 2.90. The molecule has 24 heavy (non-hydrogen) atoms. The summed E-state index contributed by atoms with van der Waals surface area (Å²) in [5.74, 6) is 0.750. The Hall–Kier alpha value is -2.54. The molecular weight excluding hydrogens is 308 g/mol. The zero-order chi connectivity index (χ0) is 17.1. The number of ether oxygens (including phenoxy) is 2. The molecule has 128 valence electrons. The number of hydrazone groups is 1. The van der Waals surface area contributed by atoms with Crippen molar-refractivity contribution >= 4 is 5.71 Å². The second-order valence-electron chi connectivity index (χ2n) is 5.70. The van der Waals surface area contributed by atoms with Gasteiger partial charge < -0.3 is 9.47 Å². The van der Waals surface area contributed by atoms with Crippen molar-refractivity contribution in [2.24, 2.45) is 5.10 Å². The number of aromatic amines is 1. The van der Waals surface area contributed by atoms with E-state index in [1.807, 2.05) is 43.1 Å². The fraction of sp³-hybridized carbons (Fsp3) is 0.412. The van der Waals surface area contributed by atoms with Crippen molar-refractivity contribution in [2.45, 2.75) is 13.8 Å². The molecule has 1 aromatic heterocycles. The lowest BCUT2D eigenvalue weighted by molar-refractivity contribution is 0.0393. The normalized spacial score (nSPS) is 15.6. The number of H-pyrrole nitrogens is 1. The predicted molar refractivity (Wildman–Crippen MR) is 92.3 cm³/mol. The van der Waals surface area contributed by atoms with Crippen molar-refractivity contribution in [1.82, 2.24) is 14.8 Å². The SMILES string of the molecule is COc1ccc(-n2[nH]c(C)c(C(C)=NN3CCOCC3)c2=O)cc1. The van der Waals surface area contributed by atoms with Gasteiger partial charge in [0.15, 0.2) is 0 Å². The first kappa shape index (κ1) is 16.3. The van der Waals surface area contributed by atoms with Crippen LogP contribution in [-0.4, -0.2) is 53.9 Å². The standard InChI is InChI=1S/C17H22N4O3/c1-12(18-20-8-10-24-11-9-20)16-13(2)19-21(17(16)22)14-4-6-15(23-3)7-5-14/h4-7,19H,8-11H2,1-3H3. The Bertz CT molecular complexity index is 783. The summed E-state index contributed by atoms with van der Waals surface area (Å²) >= 11 is 0. The first-order valence-corrected chi connectivity index (χ1v) is 7.94. The summed E-state index contributed by atoms with van der Waals surface area (Å²) in [7, 11) is 1.61. The van der Waals surface area contributed by atoms with Crippen LogP contribution < -0.4 is 10.3 Å². The van der Waals surface area contributed by atoms with Gasteiger partial charge in [-0.25, -0.2) is 4.68 Å². The fourth-order valence-electron chi connectivity index (χ4n) is 2.80. The molecule has 0 bridgehead atoms. The molecular formula is C17H22N4O3. The molecule has 1 aromatic carbocycles. The molecule has 7 nitrogen and oxygen atoms in total. The van der Waals surface area contributed by atoms with E-state index in [1.165, 1.54) is 4.68 Å². The molecule has 0 atom stereocenters. The van der Waals surface area contributed by atoms with Gasteiger partial charge in [-0.2, -0.15) is 5.10 Å². The number of aromatic nitrogens is 2. The Morgan fingerprint density at radius 3 is 2.54 bits per heavy atom. The smallest absolute Gasteiger partial charge is 0.280 e. The number of hydrogen-bond acceptors (Lipinski definition) is 5. The van der Waals surface area contributed by atoms with E-state index in [0.717, 1.165) is 30.2 Å². The molecule has 1 aliphatic heterocycles. The highest BCUT2D eigenvalue weighted by Crippen LogP contribution is 2.14. The maximum Gasteiger partial charge on any atom is 0.280 e. The Morgan fingerprint density at radius 1 is 1.25 bits per heavy atom. The number of benzene rings is 1. The van der Waals surface area contributed by atoms with Crippen LogP contribution in [0.1, 0.15) is 18.2 Å². The summed E-state index contributed by atoms with van der Waals surface area (Å²) in [6.45, 7) is 6.57. The van der Waals surface area contributed by atoms with Gasteiger partial charge in [0.05, 0.1) is 50.4 Å². The first-order chi connectivity index (χ1) is 11.6. The quantitative estimate of drug-likeness (QED) is 0.863. The number of morpholine rings is 1. The Balaban J connectivity index is 1.93. The second kappa shape index (κ2) is 6.92. The monoisotopic (exact) mass is 330 g/mol. The summed E-state index contributed by atoms with van der Waals surface area (Å²) < 4.78 is 12.0. The van der Waals surface area contributed by atoms with E-state index in [2.05, 4.69) is 10.2 Å². The van der Waals surface area contributed by atoms with Gasteiger partial charge in [0.25, 0.3) is 5.56 Å². The van der Waals surface area contributed by atoms with Gasteiger partial charge in [0, 0.05) is 5.69 Å². The van der Waals surface area contributed by atoms with E-state index in [0.29, 0.717) is 24.5 Å². The lowest BCUT2D eigenvalue weighted by Crippen LogP contribution is -2.33. The van der Waals surface area contributed by atoms with Gasteiger partial charge in [-0.3, -0.25) is 14.9 Å². The highest BCUT2D eigenvalue weighted by Gasteiger charge is 2.17. The number of nitrogens with zero attached hydrogens (tertiary/aromatic N) is 3. The van der Waals surface area contributed by atoms with Crippen molar-refractivity contribution in [2.75, 3.05) is 33.4 Å². The van der Waals surface area contributed by atoms with Gasteiger partial charge in [0.2, 0.25) is 0 Å². The summed E-state index contributed by atoms with van der Waals surface area (Å²) in [6.07, 6.45) is 0. The van der Waals surface area contributed by atoms with Gasteiger partial charge >= 0.3 is 0 Å². The predicted octanol–water partition coefficient (Wildman–Crippen LogP) is 1.54. The van der Waals surface area contributed by atoms with Gasteiger partial charge in [-0.15, -0.1) is 0 Å². The molecule has 2 aromatic rings. The Morgan fingerprint density at radius 2 is 1.92 bits per heavy atom. The number of nitrogens with one attached hydrogen (secondary N) is 1. The third-order valence-electron chi connectivity index (χ3n) is 4.04. The van der Waals surface area contributed by atoms with E-state index in [4.69, 9.17) is 9.47 Å². The van der Waals surface area contributed by atoms with Crippen LogP contribution in [0.4, 0.5) is 0 Å². The molecule has 1 fully saturated rings. The fourth-order valence-corrected chi connectivity index (χ4v) is 2.80. The number of rotatable bonds is 4. The Labute approximate surface area is 140 Å². The summed E-state index contributed by atoms with van der Waals surface area (Å²) in [4.78, 5) is 12.8. The lowest BCUT2D eigenvalue weighted by Gasteiger charge is -2.24. The van der Waals surface area contributed by atoms with Crippen LogP contribution in [0.5, 0.6) is 5.75 Å². The van der Waals surface area contributed by atoms with Crippen molar-refractivity contribution < 1.29 is 9.47 Å². The van der Waals surface area contributed by atoms with Crippen molar-refractivity contribution in [3.05, 3.63) is 45.9 Å². The molecule has 3 rings (SSSR count). The molecule has 1 N–H and O–H groups in total. The molecule has 0 unspecified atom stereocenters. The average molecular weight is 330 g/mol. The topological polar surface area (TPSA) is 71.8 Å². The van der Waals surface area contributed by atoms with E-state index in [1.54, 1.807) is 7.11 Å². The van der Waals surface area contributed by atoms with Crippen LogP contribution in [0, 0.1) is 6.92 Å². The van der Waals surface area contributed by atoms with Gasteiger partial charge in [0.1, 0.15) is 5.75 Å². The molecule has 0 spiro atoms. The van der Waals surface area contributed by atoms with Crippen LogP contribution in [0.2, 0.25) is 0 Å². The van der Waals surface area contributed by atoms with Crippen molar-refractivity contribution in [1.29, 1.82) is 0 Å². The molecule has 7 heteroatoms. The van der Waals surface area contributed by atoms with Crippen molar-refractivity contribution in [3.8, 4) is 11.4 Å². The number of hydrogen-bond donors (Lipinski definition) is 1. The van der Waals surface area contributed by atoms with Crippen molar-refractivity contribution in [3.63, 3.8) is 0 Å². The van der Waals surface area contributed by atoms with E-state index < -0.39 is 0 Å². The van der Waals surface area contributed by atoms with E-state index in [9.17, 15) is 4.79 Å². The largest absolute Gasteiger partial charge is 0.497 e. The number of aryl methyl sites for hydroxylation is 1. The van der Waals surface area contributed by atoms with Crippen LogP contribution in [0.3, 0.4) is 0 Å². The van der Waals surface area contributed by atoms with Crippen LogP contribution in [-0.2, 0) is 4.74 Å². The zero-order valence-corrected chi connectivity index (χ0v) is 14.2. The summed E-state index contributed by atoms with van der Waals surface area (Å²) in [5.41, 5.74) is 2.77. The molecule has 2 heterocycles. The first-order valence-electron chi connectivity index (χ1n) is 7.94. The van der Waals surface area contributed by atoms with Crippen LogP contribution in [0.25, 0.3) is 5.69 Å². The second-order valence-corrected chi connectivity index (χ2v) is 5.70. The van der Waals surface area contributed by atoms with Gasteiger partial charge in [-0.05, 0) is 38.1 Å². The molecule has 1 saturated heterocycles.